The zero-order chi connectivity index (χ0) is 41.0. The maximum atomic E-state index is 5.42. The number of rotatable bonds is 7. The van der Waals surface area contributed by atoms with Crippen molar-refractivity contribution in [3.63, 3.8) is 0 Å². The molecule has 0 bridgehead atoms. The normalized spacial score (nSPS) is 12.9. The summed E-state index contributed by atoms with van der Waals surface area (Å²) in [6, 6.07) is 80.8. The van der Waals surface area contributed by atoms with Crippen molar-refractivity contribution in [1.82, 2.24) is 15.0 Å². The summed E-state index contributed by atoms with van der Waals surface area (Å²) in [4.78, 5) is 16.0. The molecule has 0 saturated carbocycles. The Morgan fingerprint density at radius 1 is 0.290 bits per heavy atom. The molecule has 0 atom stereocenters. The van der Waals surface area contributed by atoms with Gasteiger partial charge in [-0.1, -0.05) is 200 Å². The first-order valence-corrected chi connectivity index (χ1v) is 21.3. The SMILES string of the molecule is c1ccc(-c2cc(-c3ccccc3)cc(-c3nc(-c4ccccc4)nc(-c4cccc5c4-c4cc(C6(c7ccccc7)c7ccccc7-c7ccccc76)ccc4C5)n3)c2)cc1. The molecule has 3 nitrogen and oxygen atoms in total. The van der Waals surface area contributed by atoms with Crippen molar-refractivity contribution in [1.29, 1.82) is 0 Å². The molecule has 0 spiro atoms. The summed E-state index contributed by atoms with van der Waals surface area (Å²) < 4.78 is 0. The molecule has 0 amide bonds. The molecule has 10 aromatic rings. The topological polar surface area (TPSA) is 38.7 Å². The predicted octanol–water partition coefficient (Wildman–Crippen LogP) is 14.1. The zero-order valence-electron chi connectivity index (χ0n) is 33.9. The fraction of sp³-hybridized carbons (Fsp3) is 0.0339. The number of hydrogen-bond donors (Lipinski definition) is 0. The largest absolute Gasteiger partial charge is 0.208 e. The molecule has 2 aliphatic carbocycles. The summed E-state index contributed by atoms with van der Waals surface area (Å²) in [5, 5.41) is 0. The molecule has 1 heterocycles. The Morgan fingerprint density at radius 2 is 0.774 bits per heavy atom. The van der Waals surface area contributed by atoms with E-state index in [0.717, 1.165) is 45.4 Å². The van der Waals surface area contributed by atoms with Crippen LogP contribution in [-0.4, -0.2) is 15.0 Å². The first-order valence-electron chi connectivity index (χ1n) is 21.3. The van der Waals surface area contributed by atoms with Crippen LogP contribution in [0.2, 0.25) is 0 Å². The number of fused-ring (bicyclic) bond motifs is 6. The van der Waals surface area contributed by atoms with Crippen LogP contribution in [0, 0.1) is 0 Å². The van der Waals surface area contributed by atoms with Crippen LogP contribution in [0.5, 0.6) is 0 Å². The molecular formula is C59H39N3. The summed E-state index contributed by atoms with van der Waals surface area (Å²) in [5.41, 5.74) is 19.5. The van der Waals surface area contributed by atoms with E-state index in [4.69, 9.17) is 15.0 Å². The molecule has 0 aliphatic heterocycles. The first-order chi connectivity index (χ1) is 30.7. The van der Waals surface area contributed by atoms with E-state index in [2.05, 4.69) is 206 Å². The highest BCUT2D eigenvalue weighted by molar-refractivity contribution is 5.92. The quantitative estimate of drug-likeness (QED) is 0.161. The number of nitrogens with zero attached hydrogens (tertiary/aromatic N) is 3. The van der Waals surface area contributed by atoms with E-state index >= 15 is 0 Å². The molecule has 0 N–H and O–H groups in total. The van der Waals surface area contributed by atoms with E-state index < -0.39 is 5.41 Å². The summed E-state index contributed by atoms with van der Waals surface area (Å²) in [7, 11) is 0. The van der Waals surface area contributed by atoms with E-state index in [-0.39, 0.29) is 0 Å². The van der Waals surface area contributed by atoms with Gasteiger partial charge in [-0.25, -0.2) is 15.0 Å². The molecule has 3 heteroatoms. The number of hydrogen-bond acceptors (Lipinski definition) is 3. The molecular weight excluding hydrogens is 751 g/mol. The molecule has 0 unspecified atom stereocenters. The van der Waals surface area contributed by atoms with Gasteiger partial charge in [0.1, 0.15) is 0 Å². The molecule has 0 radical (unpaired) electrons. The van der Waals surface area contributed by atoms with Gasteiger partial charge >= 0.3 is 0 Å². The lowest BCUT2D eigenvalue weighted by molar-refractivity contribution is 0.768. The van der Waals surface area contributed by atoms with Crippen molar-refractivity contribution in [2.24, 2.45) is 0 Å². The third kappa shape index (κ3) is 5.78. The summed E-state index contributed by atoms with van der Waals surface area (Å²) in [6.07, 6.45) is 0.841. The van der Waals surface area contributed by atoms with Crippen molar-refractivity contribution in [2.45, 2.75) is 11.8 Å². The number of aromatic nitrogens is 3. The van der Waals surface area contributed by atoms with Crippen LogP contribution in [-0.2, 0) is 11.8 Å². The van der Waals surface area contributed by atoms with Crippen molar-refractivity contribution in [2.75, 3.05) is 0 Å². The lowest BCUT2D eigenvalue weighted by Crippen LogP contribution is -2.28. The standard InChI is InChI=1S/C59H39N3/c1-5-18-39(19-6-1)44-35-45(40-20-7-2-8-21-40)37-46(36-44)57-60-56(41-22-9-3-10-23-41)61-58(62-57)51-29-17-24-43-34-42-32-33-48(38-52(42)55(43)51)59(47-25-11-4-12-26-47)53-30-15-13-27-49(53)50-28-14-16-31-54(50)59/h1-33,35-38H,34H2. The highest BCUT2D eigenvalue weighted by atomic mass is 15.0. The Labute approximate surface area is 361 Å². The fourth-order valence-electron chi connectivity index (χ4n) is 10.1. The average molecular weight is 790 g/mol. The summed E-state index contributed by atoms with van der Waals surface area (Å²) in [5.74, 6) is 1.93. The Morgan fingerprint density at radius 3 is 1.39 bits per heavy atom. The minimum Gasteiger partial charge on any atom is -0.208 e. The van der Waals surface area contributed by atoms with Gasteiger partial charge < -0.3 is 0 Å². The third-order valence-corrected chi connectivity index (χ3v) is 12.8. The smallest absolute Gasteiger partial charge is 0.164 e. The molecule has 9 aromatic carbocycles. The van der Waals surface area contributed by atoms with E-state index in [1.165, 1.54) is 55.6 Å². The van der Waals surface area contributed by atoms with Crippen LogP contribution < -0.4 is 0 Å². The van der Waals surface area contributed by atoms with Gasteiger partial charge in [-0.15, -0.1) is 0 Å². The minimum atomic E-state index is -0.498. The van der Waals surface area contributed by atoms with Gasteiger partial charge in [-0.3, -0.25) is 0 Å². The van der Waals surface area contributed by atoms with Gasteiger partial charge in [-0.2, -0.15) is 0 Å². The second-order valence-corrected chi connectivity index (χ2v) is 16.3. The Kier molecular flexibility index (Phi) is 8.46. The highest BCUT2D eigenvalue weighted by Gasteiger charge is 2.46. The van der Waals surface area contributed by atoms with Gasteiger partial charge in [0.2, 0.25) is 0 Å². The zero-order valence-corrected chi connectivity index (χ0v) is 33.9. The molecule has 1 aromatic heterocycles. The van der Waals surface area contributed by atoms with E-state index in [1.807, 2.05) is 18.2 Å². The van der Waals surface area contributed by atoms with E-state index in [1.54, 1.807) is 0 Å². The van der Waals surface area contributed by atoms with Gasteiger partial charge in [0.25, 0.3) is 0 Å². The second kappa shape index (κ2) is 14.6. The predicted molar refractivity (Wildman–Crippen MR) is 253 cm³/mol. The number of benzene rings is 9. The monoisotopic (exact) mass is 789 g/mol. The van der Waals surface area contributed by atoms with E-state index in [0.29, 0.717) is 17.5 Å². The van der Waals surface area contributed by atoms with Gasteiger partial charge in [0, 0.05) is 16.7 Å². The van der Waals surface area contributed by atoms with Crippen LogP contribution in [0.4, 0.5) is 0 Å². The van der Waals surface area contributed by atoms with Crippen LogP contribution in [0.25, 0.3) is 78.7 Å². The molecule has 0 fully saturated rings. The highest BCUT2D eigenvalue weighted by Crippen LogP contribution is 2.57. The van der Waals surface area contributed by atoms with E-state index in [9.17, 15) is 0 Å². The van der Waals surface area contributed by atoms with Crippen LogP contribution in [0.15, 0.2) is 224 Å². The van der Waals surface area contributed by atoms with Gasteiger partial charge in [-0.05, 0) is 109 Å². The Balaban J connectivity index is 1.07. The van der Waals surface area contributed by atoms with Gasteiger partial charge in [0.15, 0.2) is 17.5 Å². The van der Waals surface area contributed by atoms with Gasteiger partial charge in [0.05, 0.1) is 5.41 Å². The van der Waals surface area contributed by atoms with Crippen molar-refractivity contribution in [3.05, 3.63) is 258 Å². The lowest BCUT2D eigenvalue weighted by Gasteiger charge is -2.34. The fourth-order valence-corrected chi connectivity index (χ4v) is 10.1. The van der Waals surface area contributed by atoms with Crippen molar-refractivity contribution in [3.8, 4) is 78.7 Å². The first kappa shape index (κ1) is 35.9. The van der Waals surface area contributed by atoms with Crippen LogP contribution >= 0.6 is 0 Å². The summed E-state index contributed by atoms with van der Waals surface area (Å²) in [6.45, 7) is 0. The molecule has 290 valence electrons. The molecule has 62 heavy (non-hydrogen) atoms. The lowest BCUT2D eigenvalue weighted by atomic mass is 9.67. The van der Waals surface area contributed by atoms with Crippen molar-refractivity contribution < 1.29 is 0 Å². The molecule has 2 aliphatic rings. The maximum absolute atomic E-state index is 5.42. The third-order valence-electron chi connectivity index (χ3n) is 12.8. The Bertz CT molecular complexity index is 3200. The van der Waals surface area contributed by atoms with Crippen LogP contribution in [0.3, 0.4) is 0 Å². The summed E-state index contributed by atoms with van der Waals surface area (Å²) >= 11 is 0. The second-order valence-electron chi connectivity index (χ2n) is 16.3. The van der Waals surface area contributed by atoms with Crippen LogP contribution in [0.1, 0.15) is 33.4 Å². The minimum absolute atomic E-state index is 0.498. The Hall–Kier alpha value is -8.01. The maximum Gasteiger partial charge on any atom is 0.164 e. The van der Waals surface area contributed by atoms with Crippen molar-refractivity contribution >= 4 is 0 Å². The molecule has 12 rings (SSSR count). The molecule has 0 saturated heterocycles. The average Bonchev–Trinajstić information content (AvgIpc) is 3.88.